The number of carbonyl (C=O) groups excluding carboxylic acids is 1. The lowest BCUT2D eigenvalue weighted by atomic mass is 10.1. The molecule has 0 aliphatic heterocycles. The van der Waals surface area contributed by atoms with Crippen molar-refractivity contribution in [2.75, 3.05) is 17.7 Å². The molecule has 0 aromatic heterocycles. The lowest BCUT2D eigenvalue weighted by Crippen LogP contribution is -2.09. The molecule has 2 aromatic rings. The van der Waals surface area contributed by atoms with Gasteiger partial charge in [-0.15, -0.1) is 0 Å². The minimum Gasteiger partial charge on any atom is -0.462 e. The smallest absolute Gasteiger partial charge is 0.340 e. The van der Waals surface area contributed by atoms with Crippen LogP contribution >= 0.6 is 23.2 Å². The molecule has 0 unspecified atom stereocenters. The van der Waals surface area contributed by atoms with Crippen LogP contribution in [0.1, 0.15) is 17.3 Å². The highest BCUT2D eigenvalue weighted by atomic mass is 35.5. The Morgan fingerprint density at radius 3 is 2.52 bits per heavy atom. The molecule has 3 N–H and O–H groups in total. The van der Waals surface area contributed by atoms with Gasteiger partial charge in [-0.05, 0) is 37.3 Å². The van der Waals surface area contributed by atoms with E-state index in [1.165, 1.54) is 0 Å². The van der Waals surface area contributed by atoms with Crippen molar-refractivity contribution in [2.24, 2.45) is 0 Å². The molecule has 6 heteroatoms. The highest BCUT2D eigenvalue weighted by Crippen LogP contribution is 2.30. The number of nitrogens with two attached hydrogens (primary N) is 1. The van der Waals surface area contributed by atoms with Crippen molar-refractivity contribution in [2.45, 2.75) is 6.92 Å². The number of para-hydroxylation sites is 1. The second-order valence-electron chi connectivity index (χ2n) is 4.27. The molecule has 0 saturated heterocycles. The number of hydrogen-bond acceptors (Lipinski definition) is 4. The summed E-state index contributed by atoms with van der Waals surface area (Å²) in [5.74, 6) is -0.444. The van der Waals surface area contributed by atoms with Gasteiger partial charge in [0.25, 0.3) is 0 Å². The molecular weight excluding hydrogens is 311 g/mol. The first-order valence-corrected chi connectivity index (χ1v) is 7.05. The number of anilines is 3. The van der Waals surface area contributed by atoms with Crippen molar-refractivity contribution in [1.82, 2.24) is 0 Å². The Labute approximate surface area is 132 Å². The van der Waals surface area contributed by atoms with Crippen LogP contribution in [0.25, 0.3) is 0 Å². The number of rotatable bonds is 4. The maximum atomic E-state index is 12.0. The van der Waals surface area contributed by atoms with Gasteiger partial charge in [-0.2, -0.15) is 0 Å². The maximum Gasteiger partial charge on any atom is 0.340 e. The van der Waals surface area contributed by atoms with E-state index in [2.05, 4.69) is 5.32 Å². The van der Waals surface area contributed by atoms with Crippen molar-refractivity contribution >= 4 is 46.2 Å². The molecule has 0 saturated carbocycles. The number of nitrogens with one attached hydrogen (secondary N) is 1. The fourth-order valence-electron chi connectivity index (χ4n) is 1.86. The summed E-state index contributed by atoms with van der Waals surface area (Å²) in [5, 5.41) is 4.03. The summed E-state index contributed by atoms with van der Waals surface area (Å²) in [7, 11) is 0. The number of esters is 1. The molecule has 21 heavy (non-hydrogen) atoms. The predicted octanol–water partition coefficient (Wildman–Crippen LogP) is 4.50. The Morgan fingerprint density at radius 1 is 1.24 bits per heavy atom. The topological polar surface area (TPSA) is 64.3 Å². The van der Waals surface area contributed by atoms with Gasteiger partial charge in [0.2, 0.25) is 0 Å². The van der Waals surface area contributed by atoms with Crippen molar-refractivity contribution in [1.29, 1.82) is 0 Å². The van der Waals surface area contributed by atoms with Crippen LogP contribution in [0.4, 0.5) is 17.1 Å². The van der Waals surface area contributed by atoms with E-state index < -0.39 is 5.97 Å². The van der Waals surface area contributed by atoms with E-state index >= 15 is 0 Å². The first-order chi connectivity index (χ1) is 10.0. The summed E-state index contributed by atoms with van der Waals surface area (Å²) >= 11 is 11.9. The number of nitrogen functional groups attached to an aromatic ring is 1. The first kappa shape index (κ1) is 15.5. The number of carbonyl (C=O) groups is 1. The van der Waals surface area contributed by atoms with E-state index in [1.807, 2.05) is 0 Å². The lowest BCUT2D eigenvalue weighted by Gasteiger charge is -2.14. The number of benzene rings is 2. The molecule has 2 rings (SSSR count). The molecule has 0 aliphatic carbocycles. The van der Waals surface area contributed by atoms with Gasteiger partial charge in [0, 0.05) is 15.7 Å². The Morgan fingerprint density at radius 2 is 1.90 bits per heavy atom. The molecule has 110 valence electrons. The van der Waals surface area contributed by atoms with Gasteiger partial charge >= 0.3 is 5.97 Å². The fourth-order valence-corrected chi connectivity index (χ4v) is 2.39. The average molecular weight is 325 g/mol. The maximum absolute atomic E-state index is 12.0. The molecule has 0 bridgehead atoms. The summed E-state index contributed by atoms with van der Waals surface area (Å²) in [6.45, 7) is 2.03. The highest BCUT2D eigenvalue weighted by Gasteiger charge is 2.15. The highest BCUT2D eigenvalue weighted by molar-refractivity contribution is 6.35. The molecule has 0 spiro atoms. The Hall–Kier alpha value is -1.91. The fraction of sp³-hybridized carbons (Fsp3) is 0.133. The Balaban J connectivity index is 2.41. The van der Waals surface area contributed by atoms with Crippen LogP contribution in [0.5, 0.6) is 0 Å². The molecule has 0 fully saturated rings. The van der Waals surface area contributed by atoms with Crippen LogP contribution in [-0.4, -0.2) is 12.6 Å². The molecule has 4 nitrogen and oxygen atoms in total. The summed E-state index contributed by atoms with van der Waals surface area (Å²) in [6, 6.07) is 10.0. The van der Waals surface area contributed by atoms with Crippen LogP contribution in [0.15, 0.2) is 36.4 Å². The average Bonchev–Trinajstić information content (AvgIpc) is 2.40. The molecule has 0 atom stereocenters. The van der Waals surface area contributed by atoms with Gasteiger partial charge in [-0.3, -0.25) is 0 Å². The van der Waals surface area contributed by atoms with Crippen molar-refractivity contribution < 1.29 is 9.53 Å². The zero-order valence-corrected chi connectivity index (χ0v) is 12.8. The van der Waals surface area contributed by atoms with Gasteiger partial charge in [-0.1, -0.05) is 29.3 Å². The minimum atomic E-state index is -0.444. The van der Waals surface area contributed by atoms with Crippen molar-refractivity contribution in [3.05, 3.63) is 52.0 Å². The zero-order chi connectivity index (χ0) is 15.4. The SMILES string of the molecule is CCOC(=O)c1cccc(N)c1Nc1cc(Cl)cc(Cl)c1. The van der Waals surface area contributed by atoms with Crippen LogP contribution in [0.3, 0.4) is 0 Å². The standard InChI is InChI=1S/C15H14Cl2N2O2/c1-2-21-15(20)12-4-3-5-13(18)14(12)19-11-7-9(16)6-10(17)8-11/h3-8,19H,2,18H2,1H3. The number of ether oxygens (including phenoxy) is 1. The third-order valence-electron chi connectivity index (χ3n) is 2.72. The van der Waals surface area contributed by atoms with E-state index in [9.17, 15) is 4.79 Å². The molecule has 0 heterocycles. The summed E-state index contributed by atoms with van der Waals surface area (Å²) in [4.78, 5) is 12.0. The third kappa shape index (κ3) is 3.80. The molecule has 0 aliphatic rings. The van der Waals surface area contributed by atoms with Gasteiger partial charge in [0.1, 0.15) is 0 Å². The second-order valence-corrected chi connectivity index (χ2v) is 5.15. The third-order valence-corrected chi connectivity index (χ3v) is 3.16. The van der Waals surface area contributed by atoms with Gasteiger partial charge in [0.05, 0.1) is 23.5 Å². The summed E-state index contributed by atoms with van der Waals surface area (Å²) in [6.07, 6.45) is 0. The Kier molecular flexibility index (Phi) is 4.94. The van der Waals surface area contributed by atoms with Crippen LogP contribution in [0.2, 0.25) is 10.0 Å². The van der Waals surface area contributed by atoms with Crippen LogP contribution in [0, 0.1) is 0 Å². The summed E-state index contributed by atoms with van der Waals surface area (Å²) in [5.41, 5.74) is 7.83. The van der Waals surface area contributed by atoms with E-state index in [-0.39, 0.29) is 6.61 Å². The largest absolute Gasteiger partial charge is 0.462 e. The molecular formula is C15H14Cl2N2O2. The van der Waals surface area contributed by atoms with E-state index in [0.29, 0.717) is 32.7 Å². The van der Waals surface area contributed by atoms with E-state index in [4.69, 9.17) is 33.7 Å². The van der Waals surface area contributed by atoms with Gasteiger partial charge < -0.3 is 15.8 Å². The second kappa shape index (κ2) is 6.70. The van der Waals surface area contributed by atoms with Gasteiger partial charge in [-0.25, -0.2) is 4.79 Å². The first-order valence-electron chi connectivity index (χ1n) is 6.30. The van der Waals surface area contributed by atoms with E-state index in [1.54, 1.807) is 43.3 Å². The monoisotopic (exact) mass is 324 g/mol. The van der Waals surface area contributed by atoms with Gasteiger partial charge in [0.15, 0.2) is 0 Å². The molecule has 0 radical (unpaired) electrons. The number of halogens is 2. The van der Waals surface area contributed by atoms with Crippen LogP contribution in [-0.2, 0) is 4.74 Å². The molecule has 0 amide bonds. The minimum absolute atomic E-state index is 0.288. The zero-order valence-electron chi connectivity index (χ0n) is 11.3. The van der Waals surface area contributed by atoms with Crippen LogP contribution < -0.4 is 11.1 Å². The Bertz CT molecular complexity index is 654. The van der Waals surface area contributed by atoms with Crippen molar-refractivity contribution in [3.63, 3.8) is 0 Å². The number of hydrogen-bond donors (Lipinski definition) is 2. The van der Waals surface area contributed by atoms with Crippen molar-refractivity contribution in [3.8, 4) is 0 Å². The normalized spacial score (nSPS) is 10.2. The lowest BCUT2D eigenvalue weighted by molar-refractivity contribution is 0.0527. The predicted molar refractivity (Wildman–Crippen MR) is 86.6 cm³/mol. The molecule has 2 aromatic carbocycles. The van der Waals surface area contributed by atoms with E-state index in [0.717, 1.165) is 0 Å². The summed E-state index contributed by atoms with van der Waals surface area (Å²) < 4.78 is 5.02. The quantitative estimate of drug-likeness (QED) is 0.642.